The van der Waals surface area contributed by atoms with E-state index in [1.165, 1.54) is 30.6 Å². The van der Waals surface area contributed by atoms with E-state index in [4.69, 9.17) is 5.11 Å². The molecular formula is C19H26N2O3S. The third kappa shape index (κ3) is 5.39. The molecule has 1 aromatic carbocycles. The monoisotopic (exact) mass is 362 g/mol. The molecule has 2 fully saturated rings. The topological polar surface area (TPSA) is 78.4 Å². The Morgan fingerprint density at radius 1 is 0.960 bits per heavy atom. The predicted molar refractivity (Wildman–Crippen MR) is 100 cm³/mol. The van der Waals surface area contributed by atoms with Crippen LogP contribution in [0.25, 0.3) is 0 Å². The lowest BCUT2D eigenvalue weighted by molar-refractivity contribution is -0.142. The lowest BCUT2D eigenvalue weighted by Crippen LogP contribution is -2.40. The van der Waals surface area contributed by atoms with Crippen molar-refractivity contribution < 1.29 is 14.7 Å². The number of rotatable bonds is 5. The molecule has 0 heterocycles. The number of nitrogens with one attached hydrogen (secondary N) is 2. The Kier molecular flexibility index (Phi) is 6.24. The van der Waals surface area contributed by atoms with Gasteiger partial charge in [-0.15, -0.1) is 11.8 Å². The van der Waals surface area contributed by atoms with E-state index in [9.17, 15) is 9.59 Å². The fourth-order valence-electron chi connectivity index (χ4n) is 3.65. The SMILES string of the molecule is O=C(Nc1ccc(SC2CCCC2)cc1)NC1CCC(C(=O)O)CC1. The first kappa shape index (κ1) is 18.1. The molecule has 0 atom stereocenters. The number of aliphatic carboxylic acids is 1. The molecule has 6 heteroatoms. The number of amides is 2. The number of urea groups is 1. The van der Waals surface area contributed by atoms with Crippen LogP contribution in [0, 0.1) is 5.92 Å². The molecule has 0 unspecified atom stereocenters. The van der Waals surface area contributed by atoms with Crippen molar-refractivity contribution in [1.29, 1.82) is 0 Å². The van der Waals surface area contributed by atoms with Crippen molar-refractivity contribution in [2.75, 3.05) is 5.32 Å². The molecule has 1 aromatic rings. The summed E-state index contributed by atoms with van der Waals surface area (Å²) >= 11 is 1.93. The lowest BCUT2D eigenvalue weighted by atomic mass is 9.86. The van der Waals surface area contributed by atoms with Crippen LogP contribution in [0.15, 0.2) is 29.2 Å². The van der Waals surface area contributed by atoms with Gasteiger partial charge in [0.25, 0.3) is 0 Å². The molecule has 0 saturated heterocycles. The van der Waals surface area contributed by atoms with Crippen LogP contribution in [-0.4, -0.2) is 28.4 Å². The number of benzene rings is 1. The average Bonchev–Trinajstić information content (AvgIpc) is 3.10. The van der Waals surface area contributed by atoms with Gasteiger partial charge in [0.1, 0.15) is 0 Å². The predicted octanol–water partition coefficient (Wildman–Crippen LogP) is 4.49. The standard InChI is InChI=1S/C19H26N2O3S/c22-18(23)13-5-7-14(8-6-13)20-19(24)21-15-9-11-17(12-10-15)25-16-3-1-2-4-16/h9-14,16H,1-8H2,(H,22,23)(H2,20,21,24). The fourth-order valence-corrected chi connectivity index (χ4v) is 4.90. The first-order valence-corrected chi connectivity index (χ1v) is 10.0. The number of hydrogen-bond acceptors (Lipinski definition) is 3. The second kappa shape index (κ2) is 8.61. The van der Waals surface area contributed by atoms with Crippen LogP contribution in [-0.2, 0) is 4.79 Å². The molecule has 25 heavy (non-hydrogen) atoms. The second-order valence-corrected chi connectivity index (χ2v) is 8.41. The summed E-state index contributed by atoms with van der Waals surface area (Å²) in [6, 6.07) is 7.87. The fraction of sp³-hybridized carbons (Fsp3) is 0.579. The van der Waals surface area contributed by atoms with Crippen LogP contribution in [0.4, 0.5) is 10.5 Å². The van der Waals surface area contributed by atoms with Gasteiger partial charge in [-0.2, -0.15) is 0 Å². The number of hydrogen-bond donors (Lipinski definition) is 3. The zero-order valence-electron chi connectivity index (χ0n) is 14.4. The molecule has 3 rings (SSSR count). The highest BCUT2D eigenvalue weighted by molar-refractivity contribution is 8.00. The molecular weight excluding hydrogens is 336 g/mol. The first-order valence-electron chi connectivity index (χ1n) is 9.17. The minimum atomic E-state index is -0.724. The van der Waals surface area contributed by atoms with Crippen LogP contribution in [0.3, 0.4) is 0 Å². The molecule has 136 valence electrons. The van der Waals surface area contributed by atoms with Crippen molar-refractivity contribution in [3.05, 3.63) is 24.3 Å². The number of carbonyl (C=O) groups is 2. The van der Waals surface area contributed by atoms with Crippen molar-refractivity contribution >= 4 is 29.4 Å². The first-order chi connectivity index (χ1) is 12.1. The highest BCUT2D eigenvalue weighted by Crippen LogP contribution is 2.35. The quantitative estimate of drug-likeness (QED) is 0.721. The van der Waals surface area contributed by atoms with E-state index in [-0.39, 0.29) is 18.0 Å². The molecule has 0 spiro atoms. The summed E-state index contributed by atoms with van der Waals surface area (Å²) in [5.74, 6) is -0.982. The molecule has 0 radical (unpaired) electrons. The zero-order chi connectivity index (χ0) is 17.6. The van der Waals surface area contributed by atoms with Gasteiger partial charge in [0.05, 0.1) is 5.92 Å². The third-order valence-electron chi connectivity index (χ3n) is 5.13. The van der Waals surface area contributed by atoms with E-state index in [2.05, 4.69) is 22.8 Å². The molecule has 0 bridgehead atoms. The summed E-state index contributed by atoms with van der Waals surface area (Å²) in [6.45, 7) is 0. The number of anilines is 1. The summed E-state index contributed by atoms with van der Waals surface area (Å²) in [7, 11) is 0. The number of carboxylic acids is 1. The normalized spacial score (nSPS) is 24.0. The molecule has 3 N–H and O–H groups in total. The van der Waals surface area contributed by atoms with Gasteiger partial charge in [-0.05, 0) is 62.8 Å². The molecule has 5 nitrogen and oxygen atoms in total. The van der Waals surface area contributed by atoms with Crippen LogP contribution in [0.5, 0.6) is 0 Å². The molecule has 2 aliphatic rings. The summed E-state index contributed by atoms with van der Waals surface area (Å²) in [4.78, 5) is 24.3. The maximum absolute atomic E-state index is 12.1. The largest absolute Gasteiger partial charge is 0.481 e. The van der Waals surface area contributed by atoms with Crippen LogP contribution < -0.4 is 10.6 Å². The Morgan fingerprint density at radius 3 is 2.20 bits per heavy atom. The van der Waals surface area contributed by atoms with E-state index in [0.29, 0.717) is 12.8 Å². The van der Waals surface area contributed by atoms with Crippen LogP contribution in [0.2, 0.25) is 0 Å². The minimum Gasteiger partial charge on any atom is -0.481 e. The molecule has 2 saturated carbocycles. The van der Waals surface area contributed by atoms with Crippen molar-refractivity contribution in [2.45, 2.75) is 67.6 Å². The third-order valence-corrected chi connectivity index (χ3v) is 6.48. The number of carbonyl (C=O) groups excluding carboxylic acids is 1. The van der Waals surface area contributed by atoms with Gasteiger partial charge in [0, 0.05) is 21.9 Å². The van der Waals surface area contributed by atoms with Gasteiger partial charge in [-0.1, -0.05) is 12.8 Å². The van der Waals surface area contributed by atoms with Crippen molar-refractivity contribution in [2.24, 2.45) is 5.92 Å². The van der Waals surface area contributed by atoms with Gasteiger partial charge >= 0.3 is 12.0 Å². The maximum Gasteiger partial charge on any atom is 0.319 e. The summed E-state index contributed by atoms with van der Waals surface area (Å²) in [6.07, 6.45) is 8.00. The van der Waals surface area contributed by atoms with Gasteiger partial charge in [0.2, 0.25) is 0 Å². The Labute approximate surface area is 153 Å². The zero-order valence-corrected chi connectivity index (χ0v) is 15.2. The molecule has 2 aliphatic carbocycles. The second-order valence-electron chi connectivity index (χ2n) is 7.03. The number of thioether (sulfide) groups is 1. The lowest BCUT2D eigenvalue weighted by Gasteiger charge is -2.26. The van der Waals surface area contributed by atoms with E-state index < -0.39 is 5.97 Å². The van der Waals surface area contributed by atoms with Crippen LogP contribution >= 0.6 is 11.8 Å². The Morgan fingerprint density at radius 2 is 1.60 bits per heavy atom. The van der Waals surface area contributed by atoms with Gasteiger partial charge in [-0.25, -0.2) is 4.79 Å². The Bertz CT molecular complexity index is 591. The van der Waals surface area contributed by atoms with Crippen LogP contribution in [0.1, 0.15) is 51.4 Å². The van der Waals surface area contributed by atoms with E-state index in [0.717, 1.165) is 23.8 Å². The molecule has 0 aromatic heterocycles. The molecule has 2 amide bonds. The minimum absolute atomic E-state index is 0.0628. The smallest absolute Gasteiger partial charge is 0.319 e. The van der Waals surface area contributed by atoms with Crippen molar-refractivity contribution in [3.8, 4) is 0 Å². The van der Waals surface area contributed by atoms with Crippen molar-refractivity contribution in [3.63, 3.8) is 0 Å². The van der Waals surface area contributed by atoms with Crippen molar-refractivity contribution in [1.82, 2.24) is 5.32 Å². The number of carboxylic acid groups (broad SMARTS) is 1. The van der Waals surface area contributed by atoms with Gasteiger partial charge in [-0.3, -0.25) is 4.79 Å². The average molecular weight is 362 g/mol. The van der Waals surface area contributed by atoms with E-state index in [1.807, 2.05) is 23.9 Å². The van der Waals surface area contributed by atoms with Gasteiger partial charge in [0.15, 0.2) is 0 Å². The van der Waals surface area contributed by atoms with E-state index >= 15 is 0 Å². The maximum atomic E-state index is 12.1. The summed E-state index contributed by atoms with van der Waals surface area (Å²) < 4.78 is 0. The Balaban J connectivity index is 1.42. The summed E-state index contributed by atoms with van der Waals surface area (Å²) in [5, 5.41) is 15.6. The molecule has 0 aliphatic heterocycles. The Hall–Kier alpha value is -1.69. The van der Waals surface area contributed by atoms with E-state index in [1.54, 1.807) is 0 Å². The summed E-state index contributed by atoms with van der Waals surface area (Å²) in [5.41, 5.74) is 0.785. The highest BCUT2D eigenvalue weighted by Gasteiger charge is 2.26. The van der Waals surface area contributed by atoms with Gasteiger partial charge < -0.3 is 15.7 Å². The highest BCUT2D eigenvalue weighted by atomic mass is 32.2.